The molecular weight excluding hydrogens is 228 g/mol. The van der Waals surface area contributed by atoms with Gasteiger partial charge in [-0.25, -0.2) is 0 Å². The van der Waals surface area contributed by atoms with Gasteiger partial charge in [0.2, 0.25) is 5.91 Å². The van der Waals surface area contributed by atoms with Crippen LogP contribution in [0.2, 0.25) is 0 Å². The zero-order chi connectivity index (χ0) is 13.1. The van der Waals surface area contributed by atoms with Gasteiger partial charge in [0.15, 0.2) is 0 Å². The standard InChI is InChI=1S/C14H16N2O2/c1-9-6-7-18-13(9)8-16-12-5-3-4-11(10(12)2)14(15)17/h3-7,16H,8H2,1-2H3,(H2,15,17). The van der Waals surface area contributed by atoms with E-state index in [1.807, 2.05) is 32.0 Å². The number of hydrogen-bond acceptors (Lipinski definition) is 3. The first-order valence-corrected chi connectivity index (χ1v) is 5.76. The van der Waals surface area contributed by atoms with Crippen LogP contribution in [0.3, 0.4) is 0 Å². The molecule has 0 saturated carbocycles. The molecule has 0 aliphatic carbocycles. The summed E-state index contributed by atoms with van der Waals surface area (Å²) < 4.78 is 5.35. The average Bonchev–Trinajstić information content (AvgIpc) is 2.73. The van der Waals surface area contributed by atoms with E-state index in [0.717, 1.165) is 22.6 Å². The molecule has 4 heteroatoms. The molecule has 1 aromatic carbocycles. The number of furan rings is 1. The van der Waals surface area contributed by atoms with Crippen molar-refractivity contribution in [2.75, 3.05) is 5.32 Å². The molecule has 4 nitrogen and oxygen atoms in total. The van der Waals surface area contributed by atoms with E-state index in [1.54, 1.807) is 12.3 Å². The maximum Gasteiger partial charge on any atom is 0.249 e. The van der Waals surface area contributed by atoms with Crippen molar-refractivity contribution >= 4 is 11.6 Å². The predicted molar refractivity (Wildman–Crippen MR) is 70.5 cm³/mol. The van der Waals surface area contributed by atoms with Gasteiger partial charge in [0.1, 0.15) is 5.76 Å². The molecule has 0 radical (unpaired) electrons. The van der Waals surface area contributed by atoms with Crippen molar-refractivity contribution < 1.29 is 9.21 Å². The van der Waals surface area contributed by atoms with Gasteiger partial charge in [0.25, 0.3) is 0 Å². The van der Waals surface area contributed by atoms with Crippen molar-refractivity contribution in [3.8, 4) is 0 Å². The average molecular weight is 244 g/mol. The van der Waals surface area contributed by atoms with Gasteiger partial charge in [-0.2, -0.15) is 0 Å². The van der Waals surface area contributed by atoms with Crippen LogP contribution < -0.4 is 11.1 Å². The molecule has 2 aromatic rings. The lowest BCUT2D eigenvalue weighted by Crippen LogP contribution is -2.13. The smallest absolute Gasteiger partial charge is 0.249 e. The predicted octanol–water partition coefficient (Wildman–Crippen LogP) is 2.61. The van der Waals surface area contributed by atoms with Crippen LogP contribution in [0.25, 0.3) is 0 Å². The minimum atomic E-state index is -0.412. The van der Waals surface area contributed by atoms with Crippen molar-refractivity contribution in [2.24, 2.45) is 5.73 Å². The van der Waals surface area contributed by atoms with Crippen molar-refractivity contribution in [3.63, 3.8) is 0 Å². The molecule has 3 N–H and O–H groups in total. The van der Waals surface area contributed by atoms with Crippen LogP contribution in [0.5, 0.6) is 0 Å². The Kier molecular flexibility index (Phi) is 3.37. The molecule has 1 amide bonds. The lowest BCUT2D eigenvalue weighted by atomic mass is 10.1. The van der Waals surface area contributed by atoms with E-state index < -0.39 is 5.91 Å². The quantitative estimate of drug-likeness (QED) is 0.868. The van der Waals surface area contributed by atoms with Gasteiger partial charge in [-0.15, -0.1) is 0 Å². The van der Waals surface area contributed by atoms with E-state index in [4.69, 9.17) is 10.2 Å². The summed E-state index contributed by atoms with van der Waals surface area (Å²) in [5.41, 5.74) is 8.70. The molecule has 94 valence electrons. The number of benzene rings is 1. The number of anilines is 1. The monoisotopic (exact) mass is 244 g/mol. The van der Waals surface area contributed by atoms with Gasteiger partial charge >= 0.3 is 0 Å². The summed E-state index contributed by atoms with van der Waals surface area (Å²) in [6.07, 6.45) is 1.67. The lowest BCUT2D eigenvalue weighted by Gasteiger charge is -2.11. The van der Waals surface area contributed by atoms with Crippen molar-refractivity contribution in [3.05, 3.63) is 53.0 Å². The van der Waals surface area contributed by atoms with Crippen molar-refractivity contribution in [2.45, 2.75) is 20.4 Å². The molecule has 0 aliphatic heterocycles. The minimum absolute atomic E-state index is 0.412. The van der Waals surface area contributed by atoms with Gasteiger partial charge in [0.05, 0.1) is 12.8 Å². The third-order valence-corrected chi connectivity index (χ3v) is 3.01. The second-order valence-electron chi connectivity index (χ2n) is 4.22. The molecule has 0 spiro atoms. The number of carbonyl (C=O) groups is 1. The molecule has 1 aromatic heterocycles. The number of rotatable bonds is 4. The van der Waals surface area contributed by atoms with E-state index in [1.165, 1.54) is 0 Å². The molecule has 1 heterocycles. The Morgan fingerprint density at radius 3 is 2.72 bits per heavy atom. The SMILES string of the molecule is Cc1ccoc1CNc1cccc(C(N)=O)c1C. The fraction of sp³-hybridized carbons (Fsp3) is 0.214. The number of hydrogen-bond donors (Lipinski definition) is 2. The normalized spacial score (nSPS) is 10.3. The Hall–Kier alpha value is -2.23. The first kappa shape index (κ1) is 12.2. The minimum Gasteiger partial charge on any atom is -0.467 e. The first-order chi connectivity index (χ1) is 8.59. The summed E-state index contributed by atoms with van der Waals surface area (Å²) in [4.78, 5) is 11.2. The van der Waals surface area contributed by atoms with Crippen LogP contribution >= 0.6 is 0 Å². The second-order valence-corrected chi connectivity index (χ2v) is 4.22. The highest BCUT2D eigenvalue weighted by Crippen LogP contribution is 2.20. The highest BCUT2D eigenvalue weighted by Gasteiger charge is 2.09. The number of primary amides is 1. The Labute approximate surface area is 106 Å². The second kappa shape index (κ2) is 4.96. The van der Waals surface area contributed by atoms with Crippen LogP contribution in [0, 0.1) is 13.8 Å². The molecule has 0 fully saturated rings. The van der Waals surface area contributed by atoms with E-state index >= 15 is 0 Å². The Bertz CT molecular complexity index is 573. The summed E-state index contributed by atoms with van der Waals surface area (Å²) in [6.45, 7) is 4.45. The van der Waals surface area contributed by atoms with Gasteiger partial charge in [-0.05, 0) is 43.2 Å². The Morgan fingerprint density at radius 2 is 2.11 bits per heavy atom. The fourth-order valence-electron chi connectivity index (χ4n) is 1.85. The number of nitrogens with two attached hydrogens (primary N) is 1. The van der Waals surface area contributed by atoms with E-state index in [9.17, 15) is 4.79 Å². The summed E-state index contributed by atoms with van der Waals surface area (Å²) in [5, 5.41) is 3.25. The summed E-state index contributed by atoms with van der Waals surface area (Å²) >= 11 is 0. The number of aryl methyl sites for hydroxylation is 1. The zero-order valence-electron chi connectivity index (χ0n) is 10.5. The summed E-state index contributed by atoms with van der Waals surface area (Å²) in [7, 11) is 0. The maximum absolute atomic E-state index is 11.2. The molecule has 0 atom stereocenters. The molecule has 0 bridgehead atoms. The van der Waals surface area contributed by atoms with Crippen LogP contribution in [-0.4, -0.2) is 5.91 Å². The van der Waals surface area contributed by atoms with Gasteiger partial charge in [-0.1, -0.05) is 6.07 Å². The Balaban J connectivity index is 2.17. The lowest BCUT2D eigenvalue weighted by molar-refractivity contribution is 0.1000. The van der Waals surface area contributed by atoms with Crippen LogP contribution in [0.4, 0.5) is 5.69 Å². The number of amides is 1. The maximum atomic E-state index is 11.2. The molecular formula is C14H16N2O2. The van der Waals surface area contributed by atoms with Gasteiger partial charge < -0.3 is 15.5 Å². The van der Waals surface area contributed by atoms with E-state index in [2.05, 4.69) is 5.32 Å². The number of nitrogens with one attached hydrogen (secondary N) is 1. The summed E-state index contributed by atoms with van der Waals surface area (Å²) in [6, 6.07) is 7.37. The zero-order valence-corrected chi connectivity index (χ0v) is 10.5. The summed E-state index contributed by atoms with van der Waals surface area (Å²) in [5.74, 6) is 0.476. The van der Waals surface area contributed by atoms with Gasteiger partial charge in [0, 0.05) is 11.3 Å². The molecule has 18 heavy (non-hydrogen) atoms. The van der Waals surface area contributed by atoms with Crippen LogP contribution in [-0.2, 0) is 6.54 Å². The van der Waals surface area contributed by atoms with Crippen LogP contribution in [0.1, 0.15) is 27.2 Å². The first-order valence-electron chi connectivity index (χ1n) is 5.76. The van der Waals surface area contributed by atoms with Crippen molar-refractivity contribution in [1.29, 1.82) is 0 Å². The molecule has 0 unspecified atom stereocenters. The van der Waals surface area contributed by atoms with E-state index in [0.29, 0.717) is 12.1 Å². The van der Waals surface area contributed by atoms with Crippen molar-refractivity contribution in [1.82, 2.24) is 0 Å². The number of carbonyl (C=O) groups excluding carboxylic acids is 1. The van der Waals surface area contributed by atoms with Crippen LogP contribution in [0.15, 0.2) is 34.9 Å². The van der Waals surface area contributed by atoms with Gasteiger partial charge in [-0.3, -0.25) is 4.79 Å². The third kappa shape index (κ3) is 2.37. The molecule has 0 saturated heterocycles. The molecule has 2 rings (SSSR count). The third-order valence-electron chi connectivity index (χ3n) is 3.01. The highest BCUT2D eigenvalue weighted by atomic mass is 16.3. The molecule has 0 aliphatic rings. The Morgan fingerprint density at radius 1 is 1.33 bits per heavy atom. The fourth-order valence-corrected chi connectivity index (χ4v) is 1.85. The largest absolute Gasteiger partial charge is 0.467 e. The highest BCUT2D eigenvalue weighted by molar-refractivity contribution is 5.95. The topological polar surface area (TPSA) is 68.3 Å². The van der Waals surface area contributed by atoms with E-state index in [-0.39, 0.29) is 0 Å².